The van der Waals surface area contributed by atoms with Crippen LogP contribution in [0.1, 0.15) is 11.9 Å². The summed E-state index contributed by atoms with van der Waals surface area (Å²) < 4.78 is 7.96. The van der Waals surface area contributed by atoms with Crippen LogP contribution in [0.3, 0.4) is 0 Å². The number of aromatic nitrogens is 5. The zero-order valence-corrected chi connectivity index (χ0v) is 19.8. The van der Waals surface area contributed by atoms with Crippen molar-refractivity contribution >= 4 is 50.6 Å². The summed E-state index contributed by atoms with van der Waals surface area (Å²) in [6.45, 7) is 2.37. The molecule has 0 saturated heterocycles. The van der Waals surface area contributed by atoms with Crippen molar-refractivity contribution in [1.29, 1.82) is 0 Å². The zero-order chi connectivity index (χ0) is 23.7. The predicted octanol–water partition coefficient (Wildman–Crippen LogP) is 4.08. The lowest BCUT2D eigenvalue weighted by atomic mass is 10.2. The van der Waals surface area contributed by atoms with Crippen LogP contribution in [0.5, 0.6) is 5.75 Å². The summed E-state index contributed by atoms with van der Waals surface area (Å²) in [6.07, 6.45) is 4.51. The van der Waals surface area contributed by atoms with Crippen molar-refractivity contribution < 1.29 is 9.53 Å². The number of thiazole rings is 1. The number of carbonyl (C=O) groups excluding carboxylic acids is 1. The van der Waals surface area contributed by atoms with Crippen LogP contribution in [-0.2, 0) is 11.3 Å². The van der Waals surface area contributed by atoms with Gasteiger partial charge in [-0.15, -0.1) is 11.3 Å². The minimum Gasteiger partial charge on any atom is -0.480 e. The van der Waals surface area contributed by atoms with E-state index in [2.05, 4.69) is 25.4 Å². The van der Waals surface area contributed by atoms with Gasteiger partial charge in [-0.2, -0.15) is 5.10 Å². The van der Waals surface area contributed by atoms with E-state index in [1.807, 2.05) is 52.7 Å². The van der Waals surface area contributed by atoms with Gasteiger partial charge in [0.1, 0.15) is 22.9 Å². The van der Waals surface area contributed by atoms with E-state index in [1.165, 1.54) is 11.2 Å². The van der Waals surface area contributed by atoms with Crippen molar-refractivity contribution in [2.75, 3.05) is 19.4 Å². The highest BCUT2D eigenvalue weighted by Gasteiger charge is 2.19. The van der Waals surface area contributed by atoms with E-state index in [1.54, 1.807) is 38.6 Å². The van der Waals surface area contributed by atoms with Crippen molar-refractivity contribution in [2.45, 2.75) is 19.6 Å². The van der Waals surface area contributed by atoms with Crippen LogP contribution in [0, 0.1) is 0 Å². The fourth-order valence-corrected chi connectivity index (χ4v) is 4.36. The van der Waals surface area contributed by atoms with Crippen molar-refractivity contribution in [3.63, 3.8) is 0 Å². The zero-order valence-electron chi connectivity index (χ0n) is 19.0. The van der Waals surface area contributed by atoms with Crippen LogP contribution in [0.25, 0.3) is 21.8 Å². The summed E-state index contributed by atoms with van der Waals surface area (Å²) >= 11 is 1.61. The minimum absolute atomic E-state index is 0.122. The molecule has 5 rings (SSSR count). The lowest BCUT2D eigenvalue weighted by molar-refractivity contribution is -0.135. The molecular weight excluding hydrogens is 450 g/mol. The first-order valence-corrected chi connectivity index (χ1v) is 11.6. The first-order chi connectivity index (χ1) is 16.5. The number of ether oxygens (including phenoxy) is 1. The van der Waals surface area contributed by atoms with E-state index in [4.69, 9.17) is 4.74 Å². The third-order valence-electron chi connectivity index (χ3n) is 5.39. The van der Waals surface area contributed by atoms with Gasteiger partial charge < -0.3 is 15.0 Å². The van der Waals surface area contributed by atoms with E-state index in [9.17, 15) is 4.79 Å². The number of rotatable bonds is 7. The Kier molecular flexibility index (Phi) is 5.81. The molecule has 0 radical (unpaired) electrons. The number of carbonyl (C=O) groups is 1. The molecule has 3 aromatic heterocycles. The van der Waals surface area contributed by atoms with Gasteiger partial charge in [-0.25, -0.2) is 15.0 Å². The van der Waals surface area contributed by atoms with Gasteiger partial charge in [-0.3, -0.25) is 9.48 Å². The minimum atomic E-state index is -0.645. The highest BCUT2D eigenvalue weighted by atomic mass is 32.1. The van der Waals surface area contributed by atoms with Crippen LogP contribution in [0.15, 0.2) is 60.5 Å². The second-order valence-electron chi connectivity index (χ2n) is 7.99. The molecular formula is C24H23N7O2S. The van der Waals surface area contributed by atoms with Gasteiger partial charge in [0.05, 0.1) is 29.2 Å². The summed E-state index contributed by atoms with van der Waals surface area (Å²) in [5, 5.41) is 12.6. The number of fused-ring (bicyclic) bond motifs is 2. The van der Waals surface area contributed by atoms with Gasteiger partial charge in [0, 0.05) is 36.7 Å². The molecule has 1 N–H and O–H groups in total. The molecule has 0 fully saturated rings. The van der Waals surface area contributed by atoms with Gasteiger partial charge >= 0.3 is 0 Å². The van der Waals surface area contributed by atoms with Crippen molar-refractivity contribution in [1.82, 2.24) is 29.6 Å². The normalized spacial score (nSPS) is 12.1. The highest BCUT2D eigenvalue weighted by molar-refractivity contribution is 7.09. The number of hydrogen-bond donors (Lipinski definition) is 1. The molecule has 5 aromatic rings. The fraction of sp³-hybridized carbons (Fsp3) is 0.208. The Balaban J connectivity index is 1.46. The second-order valence-corrected chi connectivity index (χ2v) is 8.97. The van der Waals surface area contributed by atoms with Gasteiger partial charge in [0.25, 0.3) is 5.91 Å². The second kappa shape index (κ2) is 9.06. The van der Waals surface area contributed by atoms with Crippen LogP contribution in [0.4, 0.5) is 11.5 Å². The molecule has 34 heavy (non-hydrogen) atoms. The summed E-state index contributed by atoms with van der Waals surface area (Å²) in [4.78, 5) is 27.0. The Labute approximate surface area is 200 Å². The molecule has 10 heteroatoms. The van der Waals surface area contributed by atoms with Crippen molar-refractivity contribution in [2.24, 2.45) is 0 Å². The van der Waals surface area contributed by atoms with Gasteiger partial charge in [-0.05, 0) is 37.3 Å². The Hall–Kier alpha value is -4.05. The molecule has 0 spiro atoms. The Morgan fingerprint density at radius 1 is 1.21 bits per heavy atom. The monoisotopic (exact) mass is 473 g/mol. The van der Waals surface area contributed by atoms with E-state index in [0.29, 0.717) is 23.5 Å². The summed E-state index contributed by atoms with van der Waals surface area (Å²) in [5.41, 5.74) is 2.60. The standard InChI is InChI=1S/C24H23N7O2S/c1-15(24(32)30(2)3)33-20-6-4-5-18-22(20)23(27-14-26-18)29-17-7-8-19-16(11-17)12-28-31(19)13-21-25-9-10-34-21/h4-12,14-15H,13H2,1-3H3,(H,26,27,29)/t15-/m1/s1. The van der Waals surface area contributed by atoms with Gasteiger partial charge in [0.2, 0.25) is 0 Å². The SMILES string of the molecule is C[C@@H](Oc1cccc2ncnc(Nc3ccc4c(cnn4Cc4nccs4)c3)c12)C(=O)N(C)C. The molecule has 1 atom stereocenters. The molecule has 0 aliphatic rings. The Morgan fingerprint density at radius 2 is 2.09 bits per heavy atom. The lowest BCUT2D eigenvalue weighted by Crippen LogP contribution is -2.35. The molecule has 0 unspecified atom stereocenters. The average molecular weight is 474 g/mol. The molecule has 0 saturated carbocycles. The first-order valence-electron chi connectivity index (χ1n) is 10.7. The number of hydrogen-bond acceptors (Lipinski definition) is 8. The van der Waals surface area contributed by atoms with E-state index in [-0.39, 0.29) is 5.91 Å². The number of benzene rings is 2. The van der Waals surface area contributed by atoms with Gasteiger partial charge in [-0.1, -0.05) is 6.07 Å². The van der Waals surface area contributed by atoms with E-state index < -0.39 is 6.10 Å². The molecule has 1 amide bonds. The number of anilines is 2. The maximum Gasteiger partial charge on any atom is 0.262 e. The smallest absolute Gasteiger partial charge is 0.262 e. The molecule has 0 bridgehead atoms. The first kappa shape index (κ1) is 21.8. The summed E-state index contributed by atoms with van der Waals surface area (Å²) in [7, 11) is 3.41. The number of likely N-dealkylation sites (N-methyl/N-ethyl adjacent to an activating group) is 1. The maximum atomic E-state index is 12.3. The molecule has 172 valence electrons. The van der Waals surface area contributed by atoms with E-state index >= 15 is 0 Å². The Morgan fingerprint density at radius 3 is 2.88 bits per heavy atom. The van der Waals surface area contributed by atoms with Crippen LogP contribution >= 0.6 is 11.3 Å². The molecule has 0 aliphatic heterocycles. The maximum absolute atomic E-state index is 12.3. The molecule has 2 aromatic carbocycles. The number of nitrogens with zero attached hydrogens (tertiary/aromatic N) is 6. The van der Waals surface area contributed by atoms with Crippen LogP contribution in [-0.4, -0.2) is 55.7 Å². The quantitative estimate of drug-likeness (QED) is 0.380. The average Bonchev–Trinajstić information content (AvgIpc) is 3.49. The van der Waals surface area contributed by atoms with Gasteiger partial charge in [0.15, 0.2) is 6.10 Å². The molecule has 9 nitrogen and oxygen atoms in total. The van der Waals surface area contributed by atoms with Crippen molar-refractivity contribution in [3.05, 3.63) is 65.5 Å². The Bertz CT molecular complexity index is 1460. The fourth-order valence-electron chi connectivity index (χ4n) is 3.76. The van der Waals surface area contributed by atoms with Crippen LogP contribution < -0.4 is 10.1 Å². The summed E-state index contributed by atoms with van der Waals surface area (Å²) in [6, 6.07) is 11.6. The van der Waals surface area contributed by atoms with E-state index in [0.717, 1.165) is 27.1 Å². The highest BCUT2D eigenvalue weighted by Crippen LogP contribution is 2.33. The van der Waals surface area contributed by atoms with Crippen LogP contribution in [0.2, 0.25) is 0 Å². The van der Waals surface area contributed by atoms with Crippen molar-refractivity contribution in [3.8, 4) is 5.75 Å². The topological polar surface area (TPSA) is 98.1 Å². The third-order valence-corrected chi connectivity index (χ3v) is 6.15. The number of nitrogens with one attached hydrogen (secondary N) is 1. The number of amides is 1. The largest absolute Gasteiger partial charge is 0.480 e. The lowest BCUT2D eigenvalue weighted by Gasteiger charge is -2.20. The molecule has 3 heterocycles. The summed E-state index contributed by atoms with van der Waals surface area (Å²) in [5.74, 6) is 1.02. The third kappa shape index (κ3) is 4.27. The molecule has 0 aliphatic carbocycles. The predicted molar refractivity (Wildman–Crippen MR) is 133 cm³/mol.